The SMILES string of the molecule is COc1cccc(S(=O)(=O)Nc2cccc(CCc3ccccc3C(=O)O)c2)c1. The molecule has 3 aromatic carbocycles. The molecule has 2 N–H and O–H groups in total. The first-order valence-electron chi connectivity index (χ1n) is 8.96. The number of aryl methyl sites for hydroxylation is 2. The summed E-state index contributed by atoms with van der Waals surface area (Å²) in [7, 11) is -2.28. The van der Waals surface area contributed by atoms with Gasteiger partial charge in [-0.25, -0.2) is 13.2 Å². The Morgan fingerprint density at radius 1 is 0.966 bits per heavy atom. The van der Waals surface area contributed by atoms with E-state index in [4.69, 9.17) is 4.74 Å². The maximum absolute atomic E-state index is 12.6. The Morgan fingerprint density at radius 2 is 1.72 bits per heavy atom. The van der Waals surface area contributed by atoms with E-state index in [0.717, 1.165) is 11.1 Å². The molecule has 29 heavy (non-hydrogen) atoms. The van der Waals surface area contributed by atoms with Crippen LogP contribution in [0.5, 0.6) is 5.75 Å². The second kappa shape index (κ2) is 8.79. The quantitative estimate of drug-likeness (QED) is 0.585. The Kier molecular flexibility index (Phi) is 6.19. The molecule has 0 heterocycles. The van der Waals surface area contributed by atoms with Crippen LogP contribution in [0.1, 0.15) is 21.5 Å². The van der Waals surface area contributed by atoms with Gasteiger partial charge < -0.3 is 9.84 Å². The average molecular weight is 411 g/mol. The maximum atomic E-state index is 12.6. The Balaban J connectivity index is 1.75. The van der Waals surface area contributed by atoms with E-state index >= 15 is 0 Å². The lowest BCUT2D eigenvalue weighted by Crippen LogP contribution is -2.13. The first-order valence-corrected chi connectivity index (χ1v) is 10.4. The van der Waals surface area contributed by atoms with Crippen molar-refractivity contribution in [3.8, 4) is 5.75 Å². The molecule has 0 atom stereocenters. The standard InChI is InChI=1S/C22H21NO5S/c1-28-19-9-5-10-20(15-19)29(26,27)23-18-8-4-6-16(14-18)12-13-17-7-2-3-11-21(17)22(24)25/h2-11,14-15,23H,12-13H2,1H3,(H,24,25). The largest absolute Gasteiger partial charge is 0.497 e. The molecule has 150 valence electrons. The molecule has 0 aliphatic rings. The van der Waals surface area contributed by atoms with Crippen molar-refractivity contribution in [3.63, 3.8) is 0 Å². The summed E-state index contributed by atoms with van der Waals surface area (Å²) in [5, 5.41) is 9.29. The van der Waals surface area contributed by atoms with E-state index in [1.807, 2.05) is 6.07 Å². The van der Waals surface area contributed by atoms with Gasteiger partial charge in [-0.2, -0.15) is 0 Å². The number of anilines is 1. The van der Waals surface area contributed by atoms with Gasteiger partial charge in [-0.3, -0.25) is 4.72 Å². The highest BCUT2D eigenvalue weighted by Crippen LogP contribution is 2.21. The fourth-order valence-electron chi connectivity index (χ4n) is 3.00. The van der Waals surface area contributed by atoms with Gasteiger partial charge in [-0.1, -0.05) is 36.4 Å². The van der Waals surface area contributed by atoms with E-state index in [-0.39, 0.29) is 10.5 Å². The summed E-state index contributed by atoms with van der Waals surface area (Å²) >= 11 is 0. The van der Waals surface area contributed by atoms with E-state index in [1.165, 1.54) is 19.2 Å². The van der Waals surface area contributed by atoms with Crippen LogP contribution in [0.2, 0.25) is 0 Å². The number of hydrogen-bond donors (Lipinski definition) is 2. The van der Waals surface area contributed by atoms with E-state index in [2.05, 4.69) is 4.72 Å². The fourth-order valence-corrected chi connectivity index (χ4v) is 4.08. The lowest BCUT2D eigenvalue weighted by atomic mass is 10.00. The molecule has 6 nitrogen and oxygen atoms in total. The zero-order chi connectivity index (χ0) is 20.9. The summed E-state index contributed by atoms with van der Waals surface area (Å²) in [6.45, 7) is 0. The highest BCUT2D eigenvalue weighted by Gasteiger charge is 2.15. The van der Waals surface area contributed by atoms with Gasteiger partial charge in [0.15, 0.2) is 0 Å². The van der Waals surface area contributed by atoms with Gasteiger partial charge in [0.2, 0.25) is 0 Å². The van der Waals surface area contributed by atoms with Crippen molar-refractivity contribution in [2.45, 2.75) is 17.7 Å². The Bertz CT molecular complexity index is 1130. The average Bonchev–Trinajstić information content (AvgIpc) is 2.72. The summed E-state index contributed by atoms with van der Waals surface area (Å²) in [5.41, 5.74) is 2.36. The smallest absolute Gasteiger partial charge is 0.335 e. The summed E-state index contributed by atoms with van der Waals surface area (Å²) in [6.07, 6.45) is 1.12. The highest BCUT2D eigenvalue weighted by atomic mass is 32.2. The van der Waals surface area contributed by atoms with Crippen LogP contribution in [0.25, 0.3) is 0 Å². The molecule has 0 aliphatic carbocycles. The van der Waals surface area contributed by atoms with Crippen molar-refractivity contribution in [3.05, 3.63) is 89.5 Å². The van der Waals surface area contributed by atoms with Gasteiger partial charge in [0.1, 0.15) is 5.75 Å². The van der Waals surface area contributed by atoms with Crippen LogP contribution in [-0.2, 0) is 22.9 Å². The predicted molar refractivity (Wildman–Crippen MR) is 111 cm³/mol. The van der Waals surface area contributed by atoms with E-state index in [1.54, 1.807) is 54.6 Å². The minimum Gasteiger partial charge on any atom is -0.497 e. The molecule has 0 amide bonds. The molecule has 0 fully saturated rings. The van der Waals surface area contributed by atoms with Crippen LogP contribution >= 0.6 is 0 Å². The summed E-state index contributed by atoms with van der Waals surface area (Å²) in [4.78, 5) is 11.4. The number of carbonyl (C=O) groups is 1. The number of hydrogen-bond acceptors (Lipinski definition) is 4. The van der Waals surface area contributed by atoms with E-state index in [0.29, 0.717) is 24.3 Å². The number of benzene rings is 3. The number of rotatable bonds is 8. The third-order valence-electron chi connectivity index (χ3n) is 4.46. The fraction of sp³-hybridized carbons (Fsp3) is 0.136. The number of methoxy groups -OCH3 is 1. The third-order valence-corrected chi connectivity index (χ3v) is 5.84. The molecule has 0 aliphatic heterocycles. The number of ether oxygens (including phenoxy) is 1. The third kappa shape index (κ3) is 5.14. The number of carboxylic acids is 1. The van der Waals surface area contributed by atoms with E-state index < -0.39 is 16.0 Å². The Morgan fingerprint density at radius 3 is 2.48 bits per heavy atom. The molecular weight excluding hydrogens is 390 g/mol. The molecule has 7 heteroatoms. The molecule has 0 spiro atoms. The summed E-state index contributed by atoms with van der Waals surface area (Å²) in [6, 6.07) is 20.2. The van der Waals surface area contributed by atoms with Gasteiger partial charge in [0.25, 0.3) is 10.0 Å². The second-order valence-electron chi connectivity index (χ2n) is 6.45. The van der Waals surface area contributed by atoms with Gasteiger partial charge in [-0.05, 0) is 54.3 Å². The van der Waals surface area contributed by atoms with Crippen LogP contribution in [-0.4, -0.2) is 26.6 Å². The molecule has 0 bridgehead atoms. The molecule has 3 rings (SSSR count). The molecule has 3 aromatic rings. The van der Waals surface area contributed by atoms with Crippen molar-refractivity contribution in [1.29, 1.82) is 0 Å². The van der Waals surface area contributed by atoms with Gasteiger partial charge in [0.05, 0.1) is 17.6 Å². The lowest BCUT2D eigenvalue weighted by molar-refractivity contribution is 0.0695. The van der Waals surface area contributed by atoms with Gasteiger partial charge >= 0.3 is 5.97 Å². The number of sulfonamides is 1. The van der Waals surface area contributed by atoms with Crippen LogP contribution in [0.15, 0.2) is 77.7 Å². The van der Waals surface area contributed by atoms with Crippen LogP contribution in [0.3, 0.4) is 0 Å². The second-order valence-corrected chi connectivity index (χ2v) is 8.13. The molecule has 0 saturated carbocycles. The van der Waals surface area contributed by atoms with Gasteiger partial charge in [0, 0.05) is 11.8 Å². The first kappa shape index (κ1) is 20.4. The summed E-state index contributed by atoms with van der Waals surface area (Å²) in [5.74, 6) is -0.501. The zero-order valence-corrected chi connectivity index (χ0v) is 16.6. The summed E-state index contributed by atoms with van der Waals surface area (Å²) < 4.78 is 33.0. The topological polar surface area (TPSA) is 92.7 Å². The lowest BCUT2D eigenvalue weighted by Gasteiger charge is -2.11. The van der Waals surface area contributed by atoms with E-state index in [9.17, 15) is 18.3 Å². The number of aromatic carboxylic acids is 1. The first-order chi connectivity index (χ1) is 13.9. The van der Waals surface area contributed by atoms with Crippen molar-refractivity contribution in [1.82, 2.24) is 0 Å². The minimum absolute atomic E-state index is 0.109. The number of nitrogens with one attached hydrogen (secondary N) is 1. The highest BCUT2D eigenvalue weighted by molar-refractivity contribution is 7.92. The number of carboxylic acid groups (broad SMARTS) is 1. The Labute approximate surface area is 169 Å². The van der Waals surface area contributed by atoms with Crippen LogP contribution < -0.4 is 9.46 Å². The predicted octanol–water partition coefficient (Wildman–Crippen LogP) is 3.98. The normalized spacial score (nSPS) is 11.1. The van der Waals surface area contributed by atoms with Crippen molar-refractivity contribution in [2.24, 2.45) is 0 Å². The maximum Gasteiger partial charge on any atom is 0.335 e. The monoisotopic (exact) mass is 411 g/mol. The molecule has 0 aromatic heterocycles. The minimum atomic E-state index is -3.76. The van der Waals surface area contributed by atoms with Crippen molar-refractivity contribution in [2.75, 3.05) is 11.8 Å². The van der Waals surface area contributed by atoms with Crippen LogP contribution in [0, 0.1) is 0 Å². The van der Waals surface area contributed by atoms with Crippen LogP contribution in [0.4, 0.5) is 5.69 Å². The molecule has 0 radical (unpaired) electrons. The van der Waals surface area contributed by atoms with Crippen molar-refractivity contribution < 1.29 is 23.1 Å². The van der Waals surface area contributed by atoms with Gasteiger partial charge in [-0.15, -0.1) is 0 Å². The molecule has 0 saturated heterocycles. The molecule has 0 unspecified atom stereocenters. The Hall–Kier alpha value is -3.32. The molecular formula is C22H21NO5S. The zero-order valence-electron chi connectivity index (χ0n) is 15.8. The van der Waals surface area contributed by atoms with Crippen molar-refractivity contribution >= 4 is 21.7 Å².